The van der Waals surface area contributed by atoms with Crippen molar-refractivity contribution in [3.8, 4) is 11.1 Å². The molecule has 0 saturated heterocycles. The van der Waals surface area contributed by atoms with E-state index in [1.807, 2.05) is 74.5 Å². The SMILES string of the molecule is CCOC(=O)c1c(C)cc2oc3ccccc3c2c1-c1ccccc1. The zero-order valence-corrected chi connectivity index (χ0v) is 14.2. The van der Waals surface area contributed by atoms with E-state index in [9.17, 15) is 4.79 Å². The molecule has 0 radical (unpaired) electrons. The van der Waals surface area contributed by atoms with Crippen molar-refractivity contribution in [2.24, 2.45) is 0 Å². The third kappa shape index (κ3) is 2.49. The first-order chi connectivity index (χ1) is 12.2. The zero-order valence-electron chi connectivity index (χ0n) is 14.2. The number of fused-ring (bicyclic) bond motifs is 3. The van der Waals surface area contributed by atoms with Crippen LogP contribution >= 0.6 is 0 Å². The molecule has 0 fully saturated rings. The minimum atomic E-state index is -0.300. The van der Waals surface area contributed by atoms with E-state index in [1.54, 1.807) is 0 Å². The first-order valence-electron chi connectivity index (χ1n) is 8.38. The van der Waals surface area contributed by atoms with Gasteiger partial charge in [-0.2, -0.15) is 0 Å². The quantitative estimate of drug-likeness (QED) is 0.450. The fourth-order valence-corrected chi connectivity index (χ4v) is 3.37. The van der Waals surface area contributed by atoms with Crippen LogP contribution in [0.1, 0.15) is 22.8 Å². The Morgan fingerprint density at radius 2 is 1.72 bits per heavy atom. The highest BCUT2D eigenvalue weighted by atomic mass is 16.5. The van der Waals surface area contributed by atoms with Crippen LogP contribution < -0.4 is 0 Å². The molecule has 0 atom stereocenters. The number of rotatable bonds is 3. The van der Waals surface area contributed by atoms with Crippen molar-refractivity contribution < 1.29 is 13.9 Å². The summed E-state index contributed by atoms with van der Waals surface area (Å²) in [7, 11) is 0. The second-order valence-electron chi connectivity index (χ2n) is 6.00. The lowest BCUT2D eigenvalue weighted by Crippen LogP contribution is -2.09. The fourth-order valence-electron chi connectivity index (χ4n) is 3.37. The second kappa shape index (κ2) is 6.10. The predicted octanol–water partition coefficient (Wildman–Crippen LogP) is 5.74. The standard InChI is InChI=1S/C22H18O3/c1-3-24-22(23)19-14(2)13-18-21(16-11-7-8-12-17(16)25-18)20(19)15-9-5-4-6-10-15/h4-13H,3H2,1-2H3. The van der Waals surface area contributed by atoms with Gasteiger partial charge in [0.25, 0.3) is 0 Å². The molecule has 124 valence electrons. The summed E-state index contributed by atoms with van der Waals surface area (Å²) in [4.78, 5) is 12.7. The number of furan rings is 1. The van der Waals surface area contributed by atoms with Crippen LogP contribution in [-0.4, -0.2) is 12.6 Å². The van der Waals surface area contributed by atoms with E-state index >= 15 is 0 Å². The molecule has 1 heterocycles. The Morgan fingerprint density at radius 1 is 1.00 bits per heavy atom. The molecule has 4 aromatic rings. The third-order valence-electron chi connectivity index (χ3n) is 4.41. The number of aryl methyl sites for hydroxylation is 1. The van der Waals surface area contributed by atoms with Gasteiger partial charge in [0.1, 0.15) is 11.2 Å². The molecule has 0 saturated carbocycles. The van der Waals surface area contributed by atoms with Crippen LogP contribution in [0.25, 0.3) is 33.1 Å². The van der Waals surface area contributed by atoms with E-state index in [0.717, 1.165) is 38.6 Å². The normalized spacial score (nSPS) is 11.1. The molecule has 0 aliphatic carbocycles. The largest absolute Gasteiger partial charge is 0.462 e. The molecule has 0 amide bonds. The molecule has 0 unspecified atom stereocenters. The second-order valence-corrected chi connectivity index (χ2v) is 6.00. The average Bonchev–Trinajstić information content (AvgIpc) is 2.99. The van der Waals surface area contributed by atoms with E-state index in [0.29, 0.717) is 12.2 Å². The van der Waals surface area contributed by atoms with Crippen LogP contribution in [-0.2, 0) is 4.74 Å². The van der Waals surface area contributed by atoms with Crippen molar-refractivity contribution in [3.63, 3.8) is 0 Å². The van der Waals surface area contributed by atoms with Crippen molar-refractivity contribution in [3.05, 3.63) is 71.8 Å². The average molecular weight is 330 g/mol. The van der Waals surface area contributed by atoms with Gasteiger partial charge in [-0.15, -0.1) is 0 Å². The maximum Gasteiger partial charge on any atom is 0.339 e. The van der Waals surface area contributed by atoms with E-state index in [1.165, 1.54) is 0 Å². The summed E-state index contributed by atoms with van der Waals surface area (Å²) < 4.78 is 11.4. The van der Waals surface area contributed by atoms with Gasteiger partial charge in [0, 0.05) is 16.3 Å². The van der Waals surface area contributed by atoms with Gasteiger partial charge in [-0.3, -0.25) is 0 Å². The molecule has 3 heteroatoms. The molecule has 1 aromatic heterocycles. The van der Waals surface area contributed by atoms with Gasteiger partial charge in [-0.25, -0.2) is 4.79 Å². The van der Waals surface area contributed by atoms with Gasteiger partial charge in [0.15, 0.2) is 0 Å². The summed E-state index contributed by atoms with van der Waals surface area (Å²) in [5.74, 6) is -0.300. The van der Waals surface area contributed by atoms with Crippen LogP contribution in [0.2, 0.25) is 0 Å². The van der Waals surface area contributed by atoms with Gasteiger partial charge in [0.05, 0.1) is 12.2 Å². The van der Waals surface area contributed by atoms with Crippen LogP contribution in [0.4, 0.5) is 0 Å². The predicted molar refractivity (Wildman–Crippen MR) is 99.8 cm³/mol. The third-order valence-corrected chi connectivity index (χ3v) is 4.41. The number of esters is 1. The van der Waals surface area contributed by atoms with Gasteiger partial charge >= 0.3 is 5.97 Å². The molecule has 3 nitrogen and oxygen atoms in total. The number of hydrogen-bond acceptors (Lipinski definition) is 3. The summed E-state index contributed by atoms with van der Waals surface area (Å²) in [6.07, 6.45) is 0. The van der Waals surface area contributed by atoms with Gasteiger partial charge < -0.3 is 9.15 Å². The Labute approximate surface area is 145 Å². The number of benzene rings is 3. The minimum Gasteiger partial charge on any atom is -0.462 e. The Bertz CT molecular complexity index is 1070. The fraction of sp³-hybridized carbons (Fsp3) is 0.136. The molecule has 25 heavy (non-hydrogen) atoms. The number of carbonyl (C=O) groups is 1. The van der Waals surface area contributed by atoms with E-state index in [-0.39, 0.29) is 5.97 Å². The number of carbonyl (C=O) groups excluding carboxylic acids is 1. The highest BCUT2D eigenvalue weighted by Gasteiger charge is 2.23. The van der Waals surface area contributed by atoms with Crippen LogP contribution in [0.3, 0.4) is 0 Å². The number of hydrogen-bond donors (Lipinski definition) is 0. The molecule has 0 spiro atoms. The van der Waals surface area contributed by atoms with Gasteiger partial charge in [0.2, 0.25) is 0 Å². The first kappa shape index (κ1) is 15.5. The van der Waals surface area contributed by atoms with Crippen LogP contribution in [0.15, 0.2) is 65.1 Å². The smallest absolute Gasteiger partial charge is 0.339 e. The molecule has 0 bridgehead atoms. The summed E-state index contributed by atoms with van der Waals surface area (Å²) in [6.45, 7) is 4.09. The minimum absolute atomic E-state index is 0.300. The summed E-state index contributed by atoms with van der Waals surface area (Å²) in [5, 5.41) is 1.96. The first-order valence-corrected chi connectivity index (χ1v) is 8.38. The van der Waals surface area contributed by atoms with E-state index in [4.69, 9.17) is 9.15 Å². The van der Waals surface area contributed by atoms with E-state index < -0.39 is 0 Å². The van der Waals surface area contributed by atoms with Crippen molar-refractivity contribution >= 4 is 27.9 Å². The molecular formula is C22H18O3. The Balaban J connectivity index is 2.18. The van der Waals surface area contributed by atoms with Crippen LogP contribution in [0, 0.1) is 6.92 Å². The monoisotopic (exact) mass is 330 g/mol. The highest BCUT2D eigenvalue weighted by molar-refractivity contribution is 6.17. The Hall–Kier alpha value is -3.07. The van der Waals surface area contributed by atoms with Gasteiger partial charge in [-0.05, 0) is 37.1 Å². The Kier molecular flexibility index (Phi) is 3.77. The summed E-state index contributed by atoms with van der Waals surface area (Å²) in [6, 6.07) is 19.8. The molecule has 0 aliphatic heterocycles. The summed E-state index contributed by atoms with van der Waals surface area (Å²) in [5.41, 5.74) is 4.90. The molecule has 3 aromatic carbocycles. The highest BCUT2D eigenvalue weighted by Crippen LogP contribution is 2.40. The lowest BCUT2D eigenvalue weighted by molar-refractivity contribution is 0.0526. The van der Waals surface area contributed by atoms with Crippen molar-refractivity contribution in [1.29, 1.82) is 0 Å². The molecular weight excluding hydrogens is 312 g/mol. The molecule has 4 rings (SSSR count). The van der Waals surface area contributed by atoms with Crippen LogP contribution in [0.5, 0.6) is 0 Å². The lowest BCUT2D eigenvalue weighted by atomic mass is 9.91. The maximum atomic E-state index is 12.7. The number of ether oxygens (including phenoxy) is 1. The van der Waals surface area contributed by atoms with Crippen molar-refractivity contribution in [2.75, 3.05) is 6.61 Å². The van der Waals surface area contributed by atoms with Crippen molar-refractivity contribution in [1.82, 2.24) is 0 Å². The molecule has 0 N–H and O–H groups in total. The maximum absolute atomic E-state index is 12.7. The van der Waals surface area contributed by atoms with E-state index in [2.05, 4.69) is 0 Å². The van der Waals surface area contributed by atoms with Gasteiger partial charge in [-0.1, -0.05) is 48.5 Å². The topological polar surface area (TPSA) is 39.4 Å². The lowest BCUT2D eigenvalue weighted by Gasteiger charge is -2.13. The van der Waals surface area contributed by atoms with Crippen molar-refractivity contribution in [2.45, 2.75) is 13.8 Å². The number of para-hydroxylation sites is 1. The zero-order chi connectivity index (χ0) is 17.4. The molecule has 0 aliphatic rings. The Morgan fingerprint density at radius 3 is 2.48 bits per heavy atom. The summed E-state index contributed by atoms with van der Waals surface area (Å²) >= 11 is 0.